The number of rotatable bonds is 3. The molecule has 0 saturated carbocycles. The number of aryl methyl sites for hydroxylation is 2. The van der Waals surface area contributed by atoms with Crippen molar-refractivity contribution < 1.29 is 8.42 Å². The van der Waals surface area contributed by atoms with Crippen LogP contribution < -0.4 is 5.56 Å². The molecule has 0 N–H and O–H groups in total. The van der Waals surface area contributed by atoms with Crippen LogP contribution in [0.2, 0.25) is 0 Å². The maximum absolute atomic E-state index is 13.1. The summed E-state index contributed by atoms with van der Waals surface area (Å²) < 4.78 is 29.8. The Morgan fingerprint density at radius 1 is 0.833 bits per heavy atom. The van der Waals surface area contributed by atoms with Gasteiger partial charge in [-0.05, 0) is 54.3 Å². The fourth-order valence-corrected chi connectivity index (χ4v) is 5.60. The SMILES string of the molecule is Cn1c2c(cc(S(=O)(=O)c3ccccc3)c1=O)CCc1cn(-c3ccccc3)cc1-2. The molecule has 1 aliphatic rings. The quantitative estimate of drug-likeness (QED) is 0.511. The molecule has 0 radical (unpaired) electrons. The van der Waals surface area contributed by atoms with Gasteiger partial charge >= 0.3 is 0 Å². The fourth-order valence-electron chi connectivity index (χ4n) is 4.16. The molecule has 0 amide bonds. The van der Waals surface area contributed by atoms with Crippen LogP contribution >= 0.6 is 0 Å². The van der Waals surface area contributed by atoms with Crippen molar-refractivity contribution in [3.05, 3.63) is 101 Å². The van der Waals surface area contributed by atoms with E-state index in [0.29, 0.717) is 6.42 Å². The first-order chi connectivity index (χ1) is 14.5. The van der Waals surface area contributed by atoms with E-state index in [-0.39, 0.29) is 9.79 Å². The lowest BCUT2D eigenvalue weighted by Gasteiger charge is -2.20. The van der Waals surface area contributed by atoms with E-state index in [1.165, 1.54) is 16.7 Å². The minimum Gasteiger partial charge on any atom is -0.323 e. The van der Waals surface area contributed by atoms with E-state index < -0.39 is 15.4 Å². The topological polar surface area (TPSA) is 61.1 Å². The van der Waals surface area contributed by atoms with E-state index in [0.717, 1.165) is 34.5 Å². The number of pyridine rings is 1. The molecular formula is C24H20N2O3S. The Bertz CT molecular complexity index is 1420. The number of sulfone groups is 1. The zero-order valence-corrected chi connectivity index (χ0v) is 17.3. The molecule has 0 spiro atoms. The smallest absolute Gasteiger partial charge is 0.269 e. The third-order valence-electron chi connectivity index (χ3n) is 5.69. The Balaban J connectivity index is 1.68. The second kappa shape index (κ2) is 6.85. The van der Waals surface area contributed by atoms with Crippen molar-refractivity contribution >= 4 is 9.84 Å². The molecule has 0 bridgehead atoms. The van der Waals surface area contributed by atoms with Crippen molar-refractivity contribution in [1.82, 2.24) is 9.13 Å². The summed E-state index contributed by atoms with van der Waals surface area (Å²) in [4.78, 5) is 13.1. The molecule has 1 aliphatic carbocycles. The lowest BCUT2D eigenvalue weighted by atomic mass is 9.92. The summed E-state index contributed by atoms with van der Waals surface area (Å²) in [5, 5.41) is 0. The Morgan fingerprint density at radius 2 is 1.47 bits per heavy atom. The summed E-state index contributed by atoms with van der Waals surface area (Å²) >= 11 is 0. The minimum absolute atomic E-state index is 0.133. The molecular weight excluding hydrogens is 396 g/mol. The summed E-state index contributed by atoms with van der Waals surface area (Å²) in [6.45, 7) is 0. The first-order valence-electron chi connectivity index (χ1n) is 9.76. The predicted molar refractivity (Wildman–Crippen MR) is 116 cm³/mol. The number of benzene rings is 2. The van der Waals surface area contributed by atoms with Gasteiger partial charge in [-0.1, -0.05) is 36.4 Å². The van der Waals surface area contributed by atoms with E-state index in [1.807, 2.05) is 36.5 Å². The van der Waals surface area contributed by atoms with Crippen LogP contribution in [0.5, 0.6) is 0 Å². The molecule has 0 saturated heterocycles. The monoisotopic (exact) mass is 416 g/mol. The lowest BCUT2D eigenvalue weighted by molar-refractivity contribution is 0.592. The van der Waals surface area contributed by atoms with Gasteiger partial charge < -0.3 is 9.13 Å². The Morgan fingerprint density at radius 3 is 2.17 bits per heavy atom. The average Bonchev–Trinajstić information content (AvgIpc) is 3.21. The molecule has 30 heavy (non-hydrogen) atoms. The molecule has 0 unspecified atom stereocenters. The van der Waals surface area contributed by atoms with Crippen LogP contribution in [0.3, 0.4) is 0 Å². The summed E-state index contributed by atoms with van der Waals surface area (Å²) in [6.07, 6.45) is 5.60. The zero-order chi connectivity index (χ0) is 20.9. The van der Waals surface area contributed by atoms with Crippen LogP contribution in [0, 0.1) is 0 Å². The lowest BCUT2D eigenvalue weighted by Crippen LogP contribution is -2.27. The molecule has 6 heteroatoms. The van der Waals surface area contributed by atoms with Gasteiger partial charge in [-0.2, -0.15) is 0 Å². The van der Waals surface area contributed by atoms with Crippen LogP contribution in [0.25, 0.3) is 16.9 Å². The highest BCUT2D eigenvalue weighted by Crippen LogP contribution is 2.35. The zero-order valence-electron chi connectivity index (χ0n) is 16.4. The molecule has 4 aromatic rings. The predicted octanol–water partition coefficient (Wildman–Crippen LogP) is 3.77. The van der Waals surface area contributed by atoms with E-state index in [4.69, 9.17) is 0 Å². The third kappa shape index (κ3) is 2.83. The Kier molecular flexibility index (Phi) is 4.25. The first kappa shape index (κ1) is 18.6. The highest BCUT2D eigenvalue weighted by molar-refractivity contribution is 7.91. The summed E-state index contributed by atoms with van der Waals surface area (Å²) in [7, 11) is -2.23. The molecule has 5 nitrogen and oxygen atoms in total. The number of aromatic nitrogens is 2. The van der Waals surface area contributed by atoms with E-state index >= 15 is 0 Å². The van der Waals surface area contributed by atoms with Crippen molar-refractivity contribution in [2.24, 2.45) is 7.05 Å². The van der Waals surface area contributed by atoms with E-state index in [2.05, 4.69) is 10.8 Å². The molecule has 150 valence electrons. The fraction of sp³-hybridized carbons (Fsp3) is 0.125. The number of fused-ring (bicyclic) bond motifs is 3. The van der Waals surface area contributed by atoms with Crippen LogP contribution in [0.1, 0.15) is 11.1 Å². The van der Waals surface area contributed by atoms with Gasteiger partial charge in [0.25, 0.3) is 5.56 Å². The van der Waals surface area contributed by atoms with Crippen LogP contribution in [-0.2, 0) is 29.7 Å². The van der Waals surface area contributed by atoms with Crippen molar-refractivity contribution in [2.45, 2.75) is 22.6 Å². The van der Waals surface area contributed by atoms with Crippen molar-refractivity contribution in [1.29, 1.82) is 0 Å². The maximum atomic E-state index is 13.1. The van der Waals surface area contributed by atoms with E-state index in [9.17, 15) is 13.2 Å². The largest absolute Gasteiger partial charge is 0.323 e. The molecule has 0 atom stereocenters. The molecule has 2 aromatic carbocycles. The van der Waals surface area contributed by atoms with Crippen molar-refractivity contribution in [2.75, 3.05) is 0 Å². The molecule has 0 fully saturated rings. The molecule has 2 heterocycles. The van der Waals surface area contributed by atoms with Gasteiger partial charge in [0, 0.05) is 30.7 Å². The summed E-state index contributed by atoms with van der Waals surface area (Å²) in [6, 6.07) is 19.7. The second-order valence-corrected chi connectivity index (χ2v) is 9.42. The number of nitrogens with zero attached hydrogens (tertiary/aromatic N) is 2. The van der Waals surface area contributed by atoms with Crippen LogP contribution in [0.4, 0.5) is 0 Å². The minimum atomic E-state index is -3.88. The van der Waals surface area contributed by atoms with Crippen LogP contribution in [0.15, 0.2) is 93.7 Å². The summed E-state index contributed by atoms with van der Waals surface area (Å²) in [5.41, 5.74) is 4.34. The highest BCUT2D eigenvalue weighted by Gasteiger charge is 2.28. The highest BCUT2D eigenvalue weighted by atomic mass is 32.2. The first-order valence-corrected chi connectivity index (χ1v) is 11.2. The average molecular weight is 417 g/mol. The Labute approximate surface area is 174 Å². The van der Waals surface area contributed by atoms with Gasteiger partial charge in [0.1, 0.15) is 4.90 Å². The third-order valence-corrected chi connectivity index (χ3v) is 7.45. The van der Waals surface area contributed by atoms with Crippen LogP contribution in [-0.4, -0.2) is 17.6 Å². The normalized spacial score (nSPS) is 13.0. The van der Waals surface area contributed by atoms with Gasteiger partial charge in [-0.3, -0.25) is 4.79 Å². The Hall–Kier alpha value is -3.38. The standard InChI is InChI=1S/C24H20N2O3S/c1-25-23-17(14-22(24(25)27)30(28,29)20-10-6-3-7-11-20)12-13-18-15-26(16-21(18)23)19-8-4-2-5-9-19/h2-11,14-16H,12-13H2,1H3. The molecule has 2 aromatic heterocycles. The van der Waals surface area contributed by atoms with E-state index in [1.54, 1.807) is 31.3 Å². The summed E-state index contributed by atoms with van der Waals surface area (Å²) in [5.74, 6) is 0. The molecule has 0 aliphatic heterocycles. The van der Waals surface area contributed by atoms with Crippen molar-refractivity contribution in [3.8, 4) is 16.9 Å². The second-order valence-electron chi connectivity index (χ2n) is 7.50. The molecule has 5 rings (SSSR count). The van der Waals surface area contributed by atoms with Gasteiger partial charge in [0.15, 0.2) is 0 Å². The van der Waals surface area contributed by atoms with Gasteiger partial charge in [-0.15, -0.1) is 0 Å². The van der Waals surface area contributed by atoms with Gasteiger partial charge in [0.2, 0.25) is 9.84 Å². The number of hydrogen-bond acceptors (Lipinski definition) is 3. The van der Waals surface area contributed by atoms with Gasteiger partial charge in [-0.25, -0.2) is 8.42 Å². The maximum Gasteiger partial charge on any atom is 0.269 e. The number of para-hydroxylation sites is 1. The van der Waals surface area contributed by atoms with Crippen molar-refractivity contribution in [3.63, 3.8) is 0 Å². The van der Waals surface area contributed by atoms with Gasteiger partial charge in [0.05, 0.1) is 10.6 Å². The number of hydrogen-bond donors (Lipinski definition) is 0.